The molecule has 0 atom stereocenters. The number of benzene rings is 1. The first-order chi connectivity index (χ1) is 11.3. The molecule has 3 rings (SSSR count). The largest absolute Gasteiger partial charge is 0.328 e. The highest BCUT2D eigenvalue weighted by Crippen LogP contribution is 2.42. The zero-order chi connectivity index (χ0) is 17.6. The molecule has 0 bridgehead atoms. The molecule has 2 aromatic rings. The molecule has 2 N–H and O–H groups in total. The van der Waals surface area contributed by atoms with Crippen LogP contribution in [0.1, 0.15) is 57.3 Å². The van der Waals surface area contributed by atoms with E-state index in [1.165, 1.54) is 0 Å². The lowest BCUT2D eigenvalue weighted by Gasteiger charge is -2.27. The van der Waals surface area contributed by atoms with Crippen molar-refractivity contribution >= 4 is 48.6 Å². The average Bonchev–Trinajstić information content (AvgIpc) is 2.87. The number of hydrogen-bond donors (Lipinski definition) is 1. The zero-order valence-electron chi connectivity index (χ0n) is 13.6. The minimum atomic E-state index is -0.366. The summed E-state index contributed by atoms with van der Waals surface area (Å²) in [4.78, 5) is 16.0. The van der Waals surface area contributed by atoms with Crippen molar-refractivity contribution in [2.24, 2.45) is 5.73 Å². The van der Waals surface area contributed by atoms with Gasteiger partial charge in [-0.25, -0.2) is 4.98 Å². The van der Waals surface area contributed by atoms with E-state index in [-0.39, 0.29) is 22.7 Å². The van der Waals surface area contributed by atoms with Crippen molar-refractivity contribution in [3.63, 3.8) is 0 Å². The van der Waals surface area contributed by atoms with Crippen LogP contribution in [0, 0.1) is 10.1 Å². The van der Waals surface area contributed by atoms with Crippen LogP contribution in [0.4, 0.5) is 5.69 Å². The number of nitro groups is 1. The van der Waals surface area contributed by atoms with Crippen molar-refractivity contribution in [2.75, 3.05) is 0 Å². The number of nitro benzene ring substituents is 1. The molecular formula is C16H20Br2N4O2. The van der Waals surface area contributed by atoms with Crippen LogP contribution in [0.25, 0.3) is 11.0 Å². The van der Waals surface area contributed by atoms with E-state index in [0.29, 0.717) is 20.4 Å². The van der Waals surface area contributed by atoms with E-state index in [9.17, 15) is 10.1 Å². The maximum atomic E-state index is 11.6. The zero-order valence-corrected chi connectivity index (χ0v) is 16.8. The second kappa shape index (κ2) is 6.72. The topological polar surface area (TPSA) is 87.0 Å². The fourth-order valence-electron chi connectivity index (χ4n) is 3.55. The molecule has 0 radical (unpaired) electrons. The van der Waals surface area contributed by atoms with Crippen molar-refractivity contribution in [3.05, 3.63) is 31.0 Å². The van der Waals surface area contributed by atoms with E-state index in [0.717, 1.165) is 37.0 Å². The third kappa shape index (κ3) is 2.99. The molecule has 0 spiro atoms. The number of nitrogens with zero attached hydrogens (tertiary/aromatic N) is 3. The summed E-state index contributed by atoms with van der Waals surface area (Å²) < 4.78 is 3.24. The Morgan fingerprint density at radius 1 is 1.33 bits per heavy atom. The Balaban J connectivity index is 2.25. The van der Waals surface area contributed by atoms with Gasteiger partial charge in [-0.15, -0.1) is 0 Å². The summed E-state index contributed by atoms with van der Waals surface area (Å²) in [6.45, 7) is 4.17. The monoisotopic (exact) mass is 458 g/mol. The molecule has 0 amide bonds. The van der Waals surface area contributed by atoms with Gasteiger partial charge in [0.2, 0.25) is 0 Å². The lowest BCUT2D eigenvalue weighted by molar-refractivity contribution is -0.384. The summed E-state index contributed by atoms with van der Waals surface area (Å²) in [6.07, 6.45) is 3.91. The fraction of sp³-hybridized carbons (Fsp3) is 0.562. The Morgan fingerprint density at radius 2 is 1.96 bits per heavy atom. The third-order valence-corrected chi connectivity index (χ3v) is 6.68. The van der Waals surface area contributed by atoms with Gasteiger partial charge in [-0.2, -0.15) is 0 Å². The van der Waals surface area contributed by atoms with Gasteiger partial charge < -0.3 is 10.3 Å². The summed E-state index contributed by atoms with van der Waals surface area (Å²) >= 11 is 6.75. The third-order valence-electron chi connectivity index (χ3n) is 4.72. The van der Waals surface area contributed by atoms with Gasteiger partial charge in [-0.3, -0.25) is 10.1 Å². The molecule has 0 saturated heterocycles. The number of halogens is 2. The smallest absolute Gasteiger partial charge is 0.312 e. The average molecular weight is 460 g/mol. The molecule has 1 aliphatic rings. The molecule has 1 saturated carbocycles. The summed E-state index contributed by atoms with van der Waals surface area (Å²) in [5.41, 5.74) is 7.30. The SMILES string of the molecule is CC(C)n1c(C2CCC(N)CC2)nc2c([N+](=O)[O-])c(Br)c(Br)cc21. The van der Waals surface area contributed by atoms with Crippen LogP contribution in [-0.2, 0) is 0 Å². The van der Waals surface area contributed by atoms with Gasteiger partial charge >= 0.3 is 5.69 Å². The highest BCUT2D eigenvalue weighted by Gasteiger charge is 2.30. The maximum Gasteiger partial charge on any atom is 0.312 e. The van der Waals surface area contributed by atoms with Gasteiger partial charge in [0.05, 0.1) is 10.4 Å². The number of imidazole rings is 1. The van der Waals surface area contributed by atoms with Gasteiger partial charge in [-0.1, -0.05) is 0 Å². The highest BCUT2D eigenvalue weighted by molar-refractivity contribution is 9.13. The molecule has 8 heteroatoms. The Morgan fingerprint density at radius 3 is 2.50 bits per heavy atom. The number of nitrogens with two attached hydrogens (primary N) is 1. The molecule has 0 aliphatic heterocycles. The van der Waals surface area contributed by atoms with Crippen LogP contribution in [-0.4, -0.2) is 20.5 Å². The number of fused-ring (bicyclic) bond motifs is 1. The summed E-state index contributed by atoms with van der Waals surface area (Å²) in [6, 6.07) is 2.35. The second-order valence-corrected chi connectivity index (χ2v) is 8.34. The maximum absolute atomic E-state index is 11.6. The van der Waals surface area contributed by atoms with Gasteiger partial charge in [0.1, 0.15) is 10.3 Å². The van der Waals surface area contributed by atoms with Gasteiger partial charge in [0.15, 0.2) is 5.52 Å². The summed E-state index contributed by atoms with van der Waals surface area (Å²) in [5, 5.41) is 11.6. The van der Waals surface area contributed by atoms with Gasteiger partial charge in [-0.05, 0) is 77.5 Å². The summed E-state index contributed by atoms with van der Waals surface area (Å²) in [5.74, 6) is 1.25. The van der Waals surface area contributed by atoms with Crippen LogP contribution in [0.3, 0.4) is 0 Å². The van der Waals surface area contributed by atoms with E-state index < -0.39 is 0 Å². The Labute approximate surface area is 157 Å². The van der Waals surface area contributed by atoms with E-state index in [2.05, 4.69) is 50.3 Å². The quantitative estimate of drug-likeness (QED) is 0.514. The minimum absolute atomic E-state index is 0.0209. The molecule has 1 aliphatic carbocycles. The number of aromatic nitrogens is 2. The normalized spacial score (nSPS) is 21.6. The van der Waals surface area contributed by atoms with Crippen LogP contribution >= 0.6 is 31.9 Å². The van der Waals surface area contributed by atoms with Gasteiger partial charge in [0, 0.05) is 22.5 Å². The molecular weight excluding hydrogens is 440 g/mol. The standard InChI is InChI=1S/C16H20Br2N4O2/c1-8(2)21-12-7-11(17)13(18)15(22(23)24)14(12)20-16(21)9-3-5-10(19)6-4-9/h7-10H,3-6,19H2,1-2H3. The Bertz CT molecular complexity index is 795. The predicted octanol–water partition coefficient (Wildman–Crippen LogP) is 5.04. The molecule has 130 valence electrons. The molecule has 1 fully saturated rings. The molecule has 0 unspecified atom stereocenters. The van der Waals surface area contributed by atoms with Crippen LogP contribution in [0.2, 0.25) is 0 Å². The van der Waals surface area contributed by atoms with Crippen molar-refractivity contribution in [2.45, 2.75) is 57.5 Å². The Kier molecular flexibility index (Phi) is 4.99. The van der Waals surface area contributed by atoms with Crippen LogP contribution in [0.15, 0.2) is 15.0 Å². The summed E-state index contributed by atoms with van der Waals surface area (Å²) in [7, 11) is 0. The molecule has 1 aromatic carbocycles. The molecule has 1 heterocycles. The fourth-order valence-corrected chi connectivity index (χ4v) is 4.40. The first-order valence-corrected chi connectivity index (χ1v) is 9.69. The lowest BCUT2D eigenvalue weighted by Crippen LogP contribution is -2.27. The van der Waals surface area contributed by atoms with Crippen molar-refractivity contribution < 1.29 is 4.92 Å². The molecule has 24 heavy (non-hydrogen) atoms. The van der Waals surface area contributed by atoms with Crippen molar-refractivity contribution in [1.29, 1.82) is 0 Å². The first kappa shape index (κ1) is 17.8. The van der Waals surface area contributed by atoms with E-state index in [4.69, 9.17) is 10.7 Å². The molecule has 1 aromatic heterocycles. The highest BCUT2D eigenvalue weighted by atomic mass is 79.9. The van der Waals surface area contributed by atoms with Crippen LogP contribution < -0.4 is 5.73 Å². The molecule has 6 nitrogen and oxygen atoms in total. The van der Waals surface area contributed by atoms with E-state index in [1.54, 1.807) is 0 Å². The predicted molar refractivity (Wildman–Crippen MR) is 101 cm³/mol. The second-order valence-electron chi connectivity index (χ2n) is 6.69. The number of rotatable bonds is 3. The van der Waals surface area contributed by atoms with E-state index >= 15 is 0 Å². The van der Waals surface area contributed by atoms with Crippen molar-refractivity contribution in [1.82, 2.24) is 9.55 Å². The van der Waals surface area contributed by atoms with Gasteiger partial charge in [0.25, 0.3) is 0 Å². The number of hydrogen-bond acceptors (Lipinski definition) is 4. The minimum Gasteiger partial charge on any atom is -0.328 e. The Hall–Kier alpha value is -0.990. The lowest BCUT2D eigenvalue weighted by atomic mass is 9.86. The van der Waals surface area contributed by atoms with Crippen LogP contribution in [0.5, 0.6) is 0 Å². The first-order valence-electron chi connectivity index (χ1n) is 8.11. The van der Waals surface area contributed by atoms with Crippen molar-refractivity contribution in [3.8, 4) is 0 Å². The van der Waals surface area contributed by atoms with E-state index in [1.807, 2.05) is 6.07 Å².